The van der Waals surface area contributed by atoms with Gasteiger partial charge in [-0.2, -0.15) is 0 Å². The molecular weight excluding hydrogens is 246 g/mol. The number of phenolic OH excluding ortho intramolecular Hbond substituents is 1. The molecule has 0 aliphatic carbocycles. The van der Waals surface area contributed by atoms with Crippen molar-refractivity contribution in [3.63, 3.8) is 0 Å². The Labute approximate surface area is 121 Å². The average molecular weight is 269 g/mol. The summed E-state index contributed by atoms with van der Waals surface area (Å²) in [5.74, 6) is 0.363. The zero-order valence-electron chi connectivity index (χ0n) is 12.7. The maximum Gasteiger partial charge on any atom is 0.119 e. The molecule has 2 aromatic rings. The van der Waals surface area contributed by atoms with Crippen molar-refractivity contribution in [2.24, 2.45) is 0 Å². The van der Waals surface area contributed by atoms with Gasteiger partial charge in [-0.1, -0.05) is 51.1 Å². The number of phenols is 1. The van der Waals surface area contributed by atoms with Gasteiger partial charge in [0.05, 0.1) is 0 Å². The third-order valence-electron chi connectivity index (χ3n) is 3.55. The summed E-state index contributed by atoms with van der Waals surface area (Å²) in [7, 11) is 1.95. The number of anilines is 1. The Hall–Kier alpha value is -1.96. The lowest BCUT2D eigenvalue weighted by Gasteiger charge is -2.23. The molecule has 0 aromatic heterocycles. The molecule has 0 aliphatic rings. The number of benzene rings is 2. The van der Waals surface area contributed by atoms with E-state index >= 15 is 0 Å². The fraction of sp³-hybridized carbons (Fsp3) is 0.333. The smallest absolute Gasteiger partial charge is 0.119 e. The second-order valence-electron chi connectivity index (χ2n) is 6.19. The van der Waals surface area contributed by atoms with Crippen LogP contribution in [0.1, 0.15) is 37.5 Å². The van der Waals surface area contributed by atoms with Crippen molar-refractivity contribution in [2.45, 2.75) is 32.6 Å². The lowest BCUT2D eigenvalue weighted by molar-refractivity contribution is 0.469. The van der Waals surface area contributed by atoms with Crippen LogP contribution in [0.2, 0.25) is 0 Å². The molecule has 0 aliphatic heterocycles. The lowest BCUT2D eigenvalue weighted by atomic mass is 9.84. The molecule has 106 valence electrons. The SMILES string of the molecule is CNc1ccc(Cc2ccccc2O)cc1C(C)(C)C. The normalized spacial score (nSPS) is 11.4. The van der Waals surface area contributed by atoms with Crippen LogP contribution in [0.4, 0.5) is 5.69 Å². The highest BCUT2D eigenvalue weighted by Gasteiger charge is 2.18. The Balaban J connectivity index is 2.37. The molecule has 0 bridgehead atoms. The van der Waals surface area contributed by atoms with Gasteiger partial charge in [0.1, 0.15) is 5.75 Å². The van der Waals surface area contributed by atoms with Crippen molar-refractivity contribution in [2.75, 3.05) is 12.4 Å². The van der Waals surface area contributed by atoms with Gasteiger partial charge in [-0.15, -0.1) is 0 Å². The number of aromatic hydroxyl groups is 1. The predicted molar refractivity (Wildman–Crippen MR) is 85.6 cm³/mol. The molecule has 0 saturated carbocycles. The summed E-state index contributed by atoms with van der Waals surface area (Å²) in [6, 6.07) is 14.0. The Morgan fingerprint density at radius 2 is 1.75 bits per heavy atom. The molecule has 0 fully saturated rings. The molecule has 20 heavy (non-hydrogen) atoms. The number of hydrogen-bond donors (Lipinski definition) is 2. The van der Waals surface area contributed by atoms with Crippen LogP contribution in [-0.4, -0.2) is 12.2 Å². The van der Waals surface area contributed by atoms with Crippen LogP contribution in [0.5, 0.6) is 5.75 Å². The highest BCUT2D eigenvalue weighted by atomic mass is 16.3. The molecule has 2 heteroatoms. The summed E-state index contributed by atoms with van der Waals surface area (Å²) in [4.78, 5) is 0. The lowest BCUT2D eigenvalue weighted by Crippen LogP contribution is -2.14. The molecule has 2 nitrogen and oxygen atoms in total. The maximum atomic E-state index is 9.89. The molecule has 0 heterocycles. The van der Waals surface area contributed by atoms with E-state index in [1.54, 1.807) is 6.07 Å². The first-order valence-corrected chi connectivity index (χ1v) is 7.00. The predicted octanol–water partition coefficient (Wildman–Crippen LogP) is 4.32. The van der Waals surface area contributed by atoms with Gasteiger partial charge in [-0.25, -0.2) is 0 Å². The van der Waals surface area contributed by atoms with Gasteiger partial charge in [0.2, 0.25) is 0 Å². The summed E-state index contributed by atoms with van der Waals surface area (Å²) >= 11 is 0. The van der Waals surface area contributed by atoms with Crippen LogP contribution in [0, 0.1) is 0 Å². The zero-order valence-corrected chi connectivity index (χ0v) is 12.7. The monoisotopic (exact) mass is 269 g/mol. The van der Waals surface area contributed by atoms with E-state index in [9.17, 15) is 5.11 Å². The quantitative estimate of drug-likeness (QED) is 0.869. The van der Waals surface area contributed by atoms with Gasteiger partial charge in [0.25, 0.3) is 0 Å². The van der Waals surface area contributed by atoms with Crippen LogP contribution in [0.25, 0.3) is 0 Å². The fourth-order valence-electron chi connectivity index (χ4n) is 2.42. The van der Waals surface area contributed by atoms with Gasteiger partial charge >= 0.3 is 0 Å². The molecule has 2 aromatic carbocycles. The average Bonchev–Trinajstić information content (AvgIpc) is 2.40. The van der Waals surface area contributed by atoms with Gasteiger partial charge in [0, 0.05) is 19.2 Å². The van der Waals surface area contributed by atoms with Crippen LogP contribution < -0.4 is 5.32 Å². The molecule has 0 spiro atoms. The van der Waals surface area contributed by atoms with Crippen molar-refractivity contribution < 1.29 is 5.11 Å². The molecule has 0 saturated heterocycles. The molecule has 0 radical (unpaired) electrons. The Kier molecular flexibility index (Phi) is 4.03. The van der Waals surface area contributed by atoms with E-state index in [1.165, 1.54) is 16.8 Å². The number of rotatable bonds is 3. The van der Waals surface area contributed by atoms with E-state index in [2.05, 4.69) is 44.3 Å². The molecule has 2 N–H and O–H groups in total. The summed E-state index contributed by atoms with van der Waals surface area (Å²) in [6.45, 7) is 6.65. The summed E-state index contributed by atoms with van der Waals surface area (Å²) in [6.07, 6.45) is 0.750. The maximum absolute atomic E-state index is 9.89. The Morgan fingerprint density at radius 3 is 2.35 bits per heavy atom. The van der Waals surface area contributed by atoms with E-state index in [4.69, 9.17) is 0 Å². The number of para-hydroxylation sites is 1. The van der Waals surface area contributed by atoms with Crippen molar-refractivity contribution in [1.29, 1.82) is 0 Å². The molecule has 0 unspecified atom stereocenters. The standard InChI is InChI=1S/C18H23NO/c1-18(2,3)15-12-13(9-10-16(15)19-4)11-14-7-5-6-8-17(14)20/h5-10,12,19-20H,11H2,1-4H3. The van der Waals surface area contributed by atoms with Gasteiger partial charge in [-0.05, 0) is 34.2 Å². The van der Waals surface area contributed by atoms with Crippen molar-refractivity contribution in [3.05, 3.63) is 59.2 Å². The van der Waals surface area contributed by atoms with Crippen molar-refractivity contribution in [1.82, 2.24) is 0 Å². The second kappa shape index (κ2) is 5.58. The minimum absolute atomic E-state index is 0.0904. The van der Waals surface area contributed by atoms with Crippen LogP contribution in [-0.2, 0) is 11.8 Å². The largest absolute Gasteiger partial charge is 0.508 e. The van der Waals surface area contributed by atoms with Gasteiger partial charge in [-0.3, -0.25) is 0 Å². The summed E-state index contributed by atoms with van der Waals surface area (Å²) in [5.41, 5.74) is 4.74. The first kappa shape index (κ1) is 14.4. The minimum atomic E-state index is 0.0904. The van der Waals surface area contributed by atoms with E-state index in [0.717, 1.165) is 12.0 Å². The third kappa shape index (κ3) is 3.13. The Bertz CT molecular complexity index is 597. The second-order valence-corrected chi connectivity index (χ2v) is 6.19. The van der Waals surface area contributed by atoms with Gasteiger partial charge in [0.15, 0.2) is 0 Å². The molecule has 0 atom stereocenters. The highest BCUT2D eigenvalue weighted by molar-refractivity contribution is 5.56. The first-order chi connectivity index (χ1) is 9.41. The molecule has 2 rings (SSSR count). The third-order valence-corrected chi connectivity index (χ3v) is 3.55. The highest BCUT2D eigenvalue weighted by Crippen LogP contribution is 2.31. The van der Waals surface area contributed by atoms with Gasteiger partial charge < -0.3 is 10.4 Å². The summed E-state index contributed by atoms with van der Waals surface area (Å²) in [5, 5.41) is 13.1. The molecular formula is C18H23NO. The number of nitrogens with one attached hydrogen (secondary N) is 1. The van der Waals surface area contributed by atoms with Crippen molar-refractivity contribution in [3.8, 4) is 5.75 Å². The fourth-order valence-corrected chi connectivity index (χ4v) is 2.42. The van der Waals surface area contributed by atoms with Crippen LogP contribution >= 0.6 is 0 Å². The molecule has 0 amide bonds. The van der Waals surface area contributed by atoms with Crippen molar-refractivity contribution >= 4 is 5.69 Å². The van der Waals surface area contributed by atoms with E-state index in [1.807, 2.05) is 25.2 Å². The van der Waals surface area contributed by atoms with E-state index in [0.29, 0.717) is 5.75 Å². The van der Waals surface area contributed by atoms with E-state index in [-0.39, 0.29) is 5.41 Å². The number of hydrogen-bond acceptors (Lipinski definition) is 2. The Morgan fingerprint density at radius 1 is 1.05 bits per heavy atom. The zero-order chi connectivity index (χ0) is 14.8. The van der Waals surface area contributed by atoms with E-state index < -0.39 is 0 Å². The summed E-state index contributed by atoms with van der Waals surface area (Å²) < 4.78 is 0. The van der Waals surface area contributed by atoms with Crippen LogP contribution in [0.15, 0.2) is 42.5 Å². The topological polar surface area (TPSA) is 32.3 Å². The van der Waals surface area contributed by atoms with Crippen LogP contribution in [0.3, 0.4) is 0 Å². The first-order valence-electron chi connectivity index (χ1n) is 7.00. The minimum Gasteiger partial charge on any atom is -0.508 e.